The number of hydrogen-bond donors (Lipinski definition) is 0. The minimum Gasteiger partial charge on any atom is -0.303 e. The molecule has 122 valence electrons. The van der Waals surface area contributed by atoms with Crippen LogP contribution in [-0.4, -0.2) is 15.2 Å². The summed E-state index contributed by atoms with van der Waals surface area (Å²) in [6, 6.07) is 23.5. The third kappa shape index (κ3) is 2.96. The molecule has 0 spiro atoms. The topological polar surface area (TPSA) is 34.4 Å². The summed E-state index contributed by atoms with van der Waals surface area (Å²) in [5.74, 6) is 0.0982. The maximum Gasteiger partial charge on any atom is 0.168 e. The summed E-state index contributed by atoms with van der Waals surface area (Å²) in [6.07, 6.45) is 2.36. The predicted molar refractivity (Wildman–Crippen MR) is 99.8 cm³/mol. The van der Waals surface area contributed by atoms with Crippen LogP contribution in [0.4, 0.5) is 0 Å². The standard InChI is InChI=1S/C22H18N2O/c1-16-12-13-21-23-22(18-10-6-3-7-11-18)19(24(21)15-16)14-20(25)17-8-4-2-5-9-17/h2-13,15H,14H2,1H3. The van der Waals surface area contributed by atoms with E-state index in [1.807, 2.05) is 90.3 Å². The molecule has 0 bridgehead atoms. The number of carbonyl (C=O) groups excluding carboxylic acids is 1. The Kier molecular flexibility index (Phi) is 3.90. The summed E-state index contributed by atoms with van der Waals surface area (Å²) in [5, 5.41) is 0. The number of rotatable bonds is 4. The summed E-state index contributed by atoms with van der Waals surface area (Å²) < 4.78 is 2.04. The summed E-state index contributed by atoms with van der Waals surface area (Å²) in [5.41, 5.74) is 5.55. The number of benzene rings is 2. The van der Waals surface area contributed by atoms with Crippen LogP contribution in [0.15, 0.2) is 79.0 Å². The molecular formula is C22H18N2O. The van der Waals surface area contributed by atoms with Gasteiger partial charge in [-0.15, -0.1) is 0 Å². The number of aromatic nitrogens is 2. The molecule has 4 aromatic rings. The Bertz CT molecular complexity index is 1030. The summed E-state index contributed by atoms with van der Waals surface area (Å²) >= 11 is 0. The third-order valence-corrected chi connectivity index (χ3v) is 4.34. The maximum absolute atomic E-state index is 12.8. The Morgan fingerprint density at radius 3 is 2.32 bits per heavy atom. The number of carbonyl (C=O) groups is 1. The average Bonchev–Trinajstić information content (AvgIpc) is 3.01. The average molecular weight is 326 g/mol. The number of Topliss-reactive ketones (excluding diaryl/α,β-unsaturated/α-hetero) is 1. The minimum atomic E-state index is 0.0982. The molecule has 4 rings (SSSR count). The SMILES string of the molecule is Cc1ccc2nc(-c3ccccc3)c(CC(=O)c3ccccc3)n2c1. The van der Waals surface area contributed by atoms with E-state index < -0.39 is 0 Å². The van der Waals surface area contributed by atoms with Crippen molar-refractivity contribution in [1.82, 2.24) is 9.38 Å². The van der Waals surface area contributed by atoms with E-state index in [0.29, 0.717) is 6.42 Å². The van der Waals surface area contributed by atoms with Crippen molar-refractivity contribution < 1.29 is 4.79 Å². The highest BCUT2D eigenvalue weighted by molar-refractivity contribution is 5.98. The molecule has 0 aliphatic rings. The summed E-state index contributed by atoms with van der Waals surface area (Å²) in [7, 11) is 0. The van der Waals surface area contributed by atoms with E-state index in [0.717, 1.165) is 33.7 Å². The first kappa shape index (κ1) is 15.3. The summed E-state index contributed by atoms with van der Waals surface area (Å²) in [4.78, 5) is 17.6. The van der Waals surface area contributed by atoms with Gasteiger partial charge < -0.3 is 4.40 Å². The molecular weight excluding hydrogens is 308 g/mol. The number of hydrogen-bond acceptors (Lipinski definition) is 2. The van der Waals surface area contributed by atoms with Crippen molar-refractivity contribution in [3.05, 3.63) is 95.8 Å². The fourth-order valence-corrected chi connectivity index (χ4v) is 3.07. The maximum atomic E-state index is 12.8. The van der Waals surface area contributed by atoms with Crippen LogP contribution in [0.25, 0.3) is 16.9 Å². The number of pyridine rings is 1. The second kappa shape index (κ2) is 6.36. The zero-order chi connectivity index (χ0) is 17.2. The quantitative estimate of drug-likeness (QED) is 0.508. The lowest BCUT2D eigenvalue weighted by Gasteiger charge is -2.06. The largest absolute Gasteiger partial charge is 0.303 e. The number of imidazole rings is 1. The lowest BCUT2D eigenvalue weighted by molar-refractivity contribution is 0.0992. The van der Waals surface area contributed by atoms with E-state index in [1.54, 1.807) is 0 Å². The van der Waals surface area contributed by atoms with Crippen LogP contribution in [0, 0.1) is 6.92 Å². The van der Waals surface area contributed by atoms with Gasteiger partial charge in [0.1, 0.15) is 5.65 Å². The Morgan fingerprint density at radius 2 is 1.60 bits per heavy atom. The molecule has 0 saturated heterocycles. The van der Waals surface area contributed by atoms with Gasteiger partial charge in [0.15, 0.2) is 5.78 Å². The van der Waals surface area contributed by atoms with Gasteiger partial charge >= 0.3 is 0 Å². The molecule has 0 fully saturated rings. The molecule has 0 atom stereocenters. The number of aryl methyl sites for hydroxylation is 1. The van der Waals surface area contributed by atoms with Crippen molar-refractivity contribution in [3.63, 3.8) is 0 Å². The molecule has 25 heavy (non-hydrogen) atoms. The number of ketones is 1. The molecule has 0 radical (unpaired) electrons. The third-order valence-electron chi connectivity index (χ3n) is 4.34. The monoisotopic (exact) mass is 326 g/mol. The molecule has 0 aliphatic carbocycles. The van der Waals surface area contributed by atoms with Gasteiger partial charge in [0, 0.05) is 17.3 Å². The smallest absolute Gasteiger partial charge is 0.168 e. The van der Waals surface area contributed by atoms with Gasteiger partial charge in [0.2, 0.25) is 0 Å². The predicted octanol–water partition coefficient (Wildman–Crippen LogP) is 4.74. The van der Waals surface area contributed by atoms with Gasteiger partial charge in [0.05, 0.1) is 17.8 Å². The van der Waals surface area contributed by atoms with Gasteiger partial charge in [-0.25, -0.2) is 4.98 Å². The van der Waals surface area contributed by atoms with Gasteiger partial charge in [-0.1, -0.05) is 66.7 Å². The number of nitrogens with zero attached hydrogens (tertiary/aromatic N) is 2. The van der Waals surface area contributed by atoms with Gasteiger partial charge in [0.25, 0.3) is 0 Å². The highest BCUT2D eigenvalue weighted by Gasteiger charge is 2.17. The first-order valence-electron chi connectivity index (χ1n) is 8.33. The Hall–Kier alpha value is -3.20. The van der Waals surface area contributed by atoms with Crippen LogP contribution in [0.1, 0.15) is 21.6 Å². The molecule has 0 N–H and O–H groups in total. The summed E-state index contributed by atoms with van der Waals surface area (Å²) in [6.45, 7) is 2.05. The highest BCUT2D eigenvalue weighted by Crippen LogP contribution is 2.26. The van der Waals surface area contributed by atoms with Gasteiger partial charge in [-0.3, -0.25) is 4.79 Å². The van der Waals surface area contributed by atoms with E-state index in [1.165, 1.54) is 0 Å². The Labute approximate surface area is 146 Å². The molecule has 0 amide bonds. The first-order chi connectivity index (χ1) is 12.2. The lowest BCUT2D eigenvalue weighted by Crippen LogP contribution is -2.07. The molecule has 2 aromatic carbocycles. The molecule has 2 aromatic heterocycles. The fraction of sp³-hybridized carbons (Fsp3) is 0.0909. The molecule has 3 heteroatoms. The zero-order valence-electron chi connectivity index (χ0n) is 14.0. The van der Waals surface area contributed by atoms with Crippen molar-refractivity contribution in [2.45, 2.75) is 13.3 Å². The van der Waals surface area contributed by atoms with Crippen LogP contribution >= 0.6 is 0 Å². The van der Waals surface area contributed by atoms with Gasteiger partial charge in [-0.05, 0) is 18.6 Å². The molecule has 0 unspecified atom stereocenters. The zero-order valence-corrected chi connectivity index (χ0v) is 14.0. The van der Waals surface area contributed by atoms with Crippen molar-refractivity contribution in [3.8, 4) is 11.3 Å². The molecule has 2 heterocycles. The second-order valence-electron chi connectivity index (χ2n) is 6.17. The van der Waals surface area contributed by atoms with Crippen LogP contribution in [0.2, 0.25) is 0 Å². The van der Waals surface area contributed by atoms with Crippen molar-refractivity contribution in [1.29, 1.82) is 0 Å². The van der Waals surface area contributed by atoms with E-state index >= 15 is 0 Å². The van der Waals surface area contributed by atoms with Crippen LogP contribution in [-0.2, 0) is 6.42 Å². The van der Waals surface area contributed by atoms with E-state index in [9.17, 15) is 4.79 Å². The van der Waals surface area contributed by atoms with Crippen LogP contribution in [0.3, 0.4) is 0 Å². The lowest BCUT2D eigenvalue weighted by atomic mass is 10.0. The molecule has 0 saturated carbocycles. The van der Waals surface area contributed by atoms with Crippen LogP contribution < -0.4 is 0 Å². The van der Waals surface area contributed by atoms with Crippen molar-refractivity contribution in [2.24, 2.45) is 0 Å². The van der Waals surface area contributed by atoms with Crippen LogP contribution in [0.5, 0.6) is 0 Å². The molecule has 3 nitrogen and oxygen atoms in total. The highest BCUT2D eigenvalue weighted by atomic mass is 16.1. The van der Waals surface area contributed by atoms with Gasteiger partial charge in [-0.2, -0.15) is 0 Å². The second-order valence-corrected chi connectivity index (χ2v) is 6.17. The van der Waals surface area contributed by atoms with E-state index in [2.05, 4.69) is 0 Å². The number of fused-ring (bicyclic) bond motifs is 1. The van der Waals surface area contributed by atoms with Crippen molar-refractivity contribution in [2.75, 3.05) is 0 Å². The van der Waals surface area contributed by atoms with E-state index in [4.69, 9.17) is 4.98 Å². The fourth-order valence-electron chi connectivity index (χ4n) is 3.07. The first-order valence-corrected chi connectivity index (χ1v) is 8.33. The van der Waals surface area contributed by atoms with Crippen molar-refractivity contribution >= 4 is 11.4 Å². The Morgan fingerprint density at radius 1 is 0.920 bits per heavy atom. The Balaban J connectivity index is 1.85. The molecule has 0 aliphatic heterocycles. The van der Waals surface area contributed by atoms with E-state index in [-0.39, 0.29) is 5.78 Å². The minimum absolute atomic E-state index is 0.0982. The normalized spacial score (nSPS) is 10.9.